The molecule has 1 nitrogen and oxygen atoms in total. The molecule has 0 amide bonds. The summed E-state index contributed by atoms with van der Waals surface area (Å²) in [6.07, 6.45) is 12.5. The minimum absolute atomic E-state index is 0. The Labute approximate surface area is 174 Å². The monoisotopic (exact) mass is 525 g/mol. The van der Waals surface area contributed by atoms with Crippen LogP contribution in [0.5, 0.6) is 0 Å². The molecule has 0 N–H and O–H groups in total. The van der Waals surface area contributed by atoms with Crippen molar-refractivity contribution in [3.05, 3.63) is 126 Å². The van der Waals surface area contributed by atoms with Crippen LogP contribution in [-0.2, 0) is 21.1 Å². The number of hydrogen-bond acceptors (Lipinski definition) is 1. The van der Waals surface area contributed by atoms with Crippen molar-refractivity contribution in [2.24, 2.45) is 0 Å². The van der Waals surface area contributed by atoms with Gasteiger partial charge in [0.1, 0.15) is 0 Å². The van der Waals surface area contributed by atoms with Gasteiger partial charge in [-0.25, -0.2) is 11.6 Å². The molecule has 0 spiro atoms. The summed E-state index contributed by atoms with van der Waals surface area (Å²) in [5, 5.41) is 2.30. The minimum Gasteiger partial charge on any atom is -0.305 e. The SMILES string of the molecule is [C-](=Cc1[c-]cccc1)c1cccc2cccc([C-]=Cc3ccccn3)c12.[Pt]. The quantitative estimate of drug-likeness (QED) is 0.244. The first-order chi connectivity index (χ1) is 12.9. The maximum atomic E-state index is 4.33. The number of benzene rings is 3. The Kier molecular flexibility index (Phi) is 6.52. The summed E-state index contributed by atoms with van der Waals surface area (Å²) in [6.45, 7) is 0. The van der Waals surface area contributed by atoms with Crippen LogP contribution < -0.4 is 0 Å². The predicted molar refractivity (Wildman–Crippen MR) is 107 cm³/mol. The van der Waals surface area contributed by atoms with Crippen LogP contribution in [0.3, 0.4) is 0 Å². The molecule has 0 atom stereocenters. The molecule has 0 aliphatic carbocycles. The van der Waals surface area contributed by atoms with E-state index >= 15 is 0 Å². The van der Waals surface area contributed by atoms with E-state index in [1.807, 2.05) is 54.6 Å². The Morgan fingerprint density at radius 1 is 0.741 bits per heavy atom. The van der Waals surface area contributed by atoms with Crippen LogP contribution in [0.4, 0.5) is 0 Å². The molecule has 0 fully saturated rings. The first-order valence-corrected chi connectivity index (χ1v) is 8.49. The van der Waals surface area contributed by atoms with Crippen LogP contribution in [0.2, 0.25) is 0 Å². The summed E-state index contributed by atoms with van der Waals surface area (Å²) in [7, 11) is 0. The molecule has 27 heavy (non-hydrogen) atoms. The van der Waals surface area contributed by atoms with Gasteiger partial charge in [0.25, 0.3) is 0 Å². The van der Waals surface area contributed by atoms with Gasteiger partial charge in [-0.2, -0.15) is 35.9 Å². The molecule has 0 aliphatic rings. The zero-order valence-electron chi connectivity index (χ0n) is 14.5. The summed E-state index contributed by atoms with van der Waals surface area (Å²) in [4.78, 5) is 4.33. The van der Waals surface area contributed by atoms with E-state index < -0.39 is 0 Å². The van der Waals surface area contributed by atoms with E-state index in [9.17, 15) is 0 Å². The Balaban J connectivity index is 0.00000210. The van der Waals surface area contributed by atoms with Gasteiger partial charge in [-0.15, -0.1) is 53.4 Å². The van der Waals surface area contributed by atoms with Gasteiger partial charge in [0.15, 0.2) is 0 Å². The van der Waals surface area contributed by atoms with Crippen molar-refractivity contribution in [1.82, 2.24) is 4.98 Å². The van der Waals surface area contributed by atoms with Crippen molar-refractivity contribution in [3.8, 4) is 0 Å². The third kappa shape index (κ3) is 4.70. The van der Waals surface area contributed by atoms with Crippen molar-refractivity contribution in [2.45, 2.75) is 0 Å². The topological polar surface area (TPSA) is 12.9 Å². The molecule has 3 aromatic carbocycles. The molecule has 134 valence electrons. The molecule has 0 unspecified atom stereocenters. The van der Waals surface area contributed by atoms with Crippen molar-refractivity contribution >= 4 is 22.9 Å². The fourth-order valence-electron chi connectivity index (χ4n) is 2.85. The van der Waals surface area contributed by atoms with E-state index in [0.29, 0.717) is 0 Å². The van der Waals surface area contributed by atoms with Crippen molar-refractivity contribution in [2.75, 3.05) is 0 Å². The van der Waals surface area contributed by atoms with Crippen LogP contribution in [0.25, 0.3) is 22.9 Å². The van der Waals surface area contributed by atoms with Crippen LogP contribution in [-0.4, -0.2) is 4.98 Å². The Morgan fingerprint density at radius 2 is 1.48 bits per heavy atom. The average molecular weight is 525 g/mol. The van der Waals surface area contributed by atoms with Crippen LogP contribution in [0.15, 0.2) is 85.1 Å². The maximum absolute atomic E-state index is 4.33. The molecule has 0 saturated heterocycles. The van der Waals surface area contributed by atoms with Gasteiger partial charge >= 0.3 is 0 Å². The van der Waals surface area contributed by atoms with Gasteiger partial charge in [-0.3, -0.25) is 0 Å². The van der Waals surface area contributed by atoms with E-state index in [-0.39, 0.29) is 21.1 Å². The zero-order valence-corrected chi connectivity index (χ0v) is 16.8. The number of rotatable bonds is 4. The third-order valence-corrected chi connectivity index (χ3v) is 4.08. The summed E-state index contributed by atoms with van der Waals surface area (Å²) < 4.78 is 0. The van der Waals surface area contributed by atoms with E-state index in [1.54, 1.807) is 6.20 Å². The van der Waals surface area contributed by atoms with E-state index in [1.165, 1.54) is 5.39 Å². The van der Waals surface area contributed by atoms with Gasteiger partial charge < -0.3 is 4.98 Å². The Bertz CT molecular complexity index is 983. The second kappa shape index (κ2) is 9.26. The normalized spacial score (nSPS) is 11.1. The molecule has 4 aromatic rings. The van der Waals surface area contributed by atoms with E-state index in [0.717, 1.165) is 27.8 Å². The molecule has 4 rings (SSSR count). The van der Waals surface area contributed by atoms with Gasteiger partial charge in [-0.05, 0) is 11.8 Å². The molecule has 2 heteroatoms. The maximum Gasteiger partial charge on any atom is 0.0160 e. The van der Waals surface area contributed by atoms with Gasteiger partial charge in [0.05, 0.1) is 0 Å². The van der Waals surface area contributed by atoms with Gasteiger partial charge in [0.2, 0.25) is 0 Å². The zero-order chi connectivity index (χ0) is 17.6. The molecule has 0 aliphatic heterocycles. The fourth-order valence-corrected chi connectivity index (χ4v) is 2.85. The van der Waals surface area contributed by atoms with Crippen molar-refractivity contribution in [3.63, 3.8) is 0 Å². The largest absolute Gasteiger partial charge is 0.305 e. The summed E-state index contributed by atoms with van der Waals surface area (Å²) in [6, 6.07) is 29.4. The summed E-state index contributed by atoms with van der Waals surface area (Å²) in [5.41, 5.74) is 3.97. The summed E-state index contributed by atoms with van der Waals surface area (Å²) in [5.74, 6) is 0. The standard InChI is InChI=1S/C25H16N.Pt/c1-2-8-20(9-3-1)15-16-22-12-6-10-21-11-7-13-23(25(21)22)17-18-24-14-4-5-19-26-24;/h1-8,10-15,18-19H;/q-3;. The number of aromatic nitrogens is 1. The van der Waals surface area contributed by atoms with E-state index in [2.05, 4.69) is 59.6 Å². The molecular formula is C25H16NPt-3. The number of nitrogens with zero attached hydrogens (tertiary/aromatic N) is 1. The fraction of sp³-hybridized carbons (Fsp3) is 0. The van der Waals surface area contributed by atoms with Crippen LogP contribution >= 0.6 is 0 Å². The van der Waals surface area contributed by atoms with Crippen LogP contribution in [0.1, 0.15) is 22.4 Å². The van der Waals surface area contributed by atoms with Crippen LogP contribution in [0, 0.1) is 18.2 Å². The first-order valence-electron chi connectivity index (χ1n) is 8.49. The third-order valence-electron chi connectivity index (χ3n) is 4.08. The smallest absolute Gasteiger partial charge is 0.0160 e. The van der Waals surface area contributed by atoms with Crippen molar-refractivity contribution in [1.29, 1.82) is 0 Å². The first kappa shape index (κ1) is 19.0. The number of fused-ring (bicyclic) bond motifs is 1. The van der Waals surface area contributed by atoms with Gasteiger partial charge in [0, 0.05) is 27.3 Å². The van der Waals surface area contributed by atoms with Gasteiger partial charge in [-0.1, -0.05) is 29.7 Å². The predicted octanol–water partition coefficient (Wildman–Crippen LogP) is 5.76. The molecule has 1 heterocycles. The molecule has 0 bridgehead atoms. The average Bonchev–Trinajstić information content (AvgIpc) is 2.72. The Hall–Kier alpha value is -2.76. The molecular weight excluding hydrogens is 509 g/mol. The van der Waals surface area contributed by atoms with Crippen molar-refractivity contribution < 1.29 is 21.1 Å². The second-order valence-electron chi connectivity index (χ2n) is 5.86. The number of pyridine rings is 1. The molecule has 0 radical (unpaired) electrons. The second-order valence-corrected chi connectivity index (χ2v) is 5.86. The molecule has 1 aromatic heterocycles. The number of hydrogen-bond donors (Lipinski definition) is 0. The molecule has 0 saturated carbocycles. The summed E-state index contributed by atoms with van der Waals surface area (Å²) >= 11 is 0. The Morgan fingerprint density at radius 3 is 2.15 bits per heavy atom. The minimum atomic E-state index is 0. The van der Waals surface area contributed by atoms with E-state index in [4.69, 9.17) is 0 Å².